The molecule has 2 rings (SSSR count). The number of nitrogens with one attached hydrogen (secondary N) is 1. The summed E-state index contributed by atoms with van der Waals surface area (Å²) < 4.78 is 5.65. The average Bonchev–Trinajstić information content (AvgIpc) is 2.75. The van der Waals surface area contributed by atoms with Crippen LogP contribution in [0.5, 0.6) is 0 Å². The van der Waals surface area contributed by atoms with Gasteiger partial charge in [-0.1, -0.05) is 16.5 Å². The number of anilines is 1. The van der Waals surface area contributed by atoms with Crippen molar-refractivity contribution in [3.8, 4) is 0 Å². The summed E-state index contributed by atoms with van der Waals surface area (Å²) in [6.45, 7) is 1.68. The quantitative estimate of drug-likeness (QED) is 0.921. The Morgan fingerprint density at radius 2 is 2.40 bits per heavy atom. The van der Waals surface area contributed by atoms with Gasteiger partial charge in [-0.25, -0.2) is 4.98 Å². The zero-order valence-corrected chi connectivity index (χ0v) is 10.1. The number of rotatable bonds is 2. The number of amides is 1. The molecule has 0 fully saturated rings. The Morgan fingerprint density at radius 1 is 1.60 bits per heavy atom. The molecule has 7 heteroatoms. The van der Waals surface area contributed by atoms with Gasteiger partial charge in [0.2, 0.25) is 0 Å². The van der Waals surface area contributed by atoms with Crippen molar-refractivity contribution in [3.63, 3.8) is 0 Å². The summed E-state index contributed by atoms with van der Waals surface area (Å²) in [6, 6.07) is 0. The van der Waals surface area contributed by atoms with Crippen molar-refractivity contribution < 1.29 is 9.32 Å². The highest BCUT2D eigenvalue weighted by molar-refractivity contribution is 9.11. The normalized spacial score (nSPS) is 10.3. The van der Waals surface area contributed by atoms with Crippen molar-refractivity contribution in [1.29, 1.82) is 0 Å². The summed E-state index contributed by atoms with van der Waals surface area (Å²) in [5, 5.41) is 6.71. The molecule has 1 amide bonds. The van der Waals surface area contributed by atoms with Gasteiger partial charge in [0.1, 0.15) is 11.3 Å². The van der Waals surface area contributed by atoms with Gasteiger partial charge in [-0.15, -0.1) is 0 Å². The fourth-order valence-corrected chi connectivity index (χ4v) is 2.09. The summed E-state index contributed by atoms with van der Waals surface area (Å²) in [4.78, 5) is 15.6. The number of hydrogen-bond donors (Lipinski definition) is 1. The van der Waals surface area contributed by atoms with Gasteiger partial charge < -0.3 is 4.52 Å². The first-order valence-corrected chi connectivity index (χ1v) is 5.61. The Hall–Kier alpha value is -1.21. The summed E-state index contributed by atoms with van der Waals surface area (Å²) in [5.41, 5.74) is 0.418. The van der Waals surface area contributed by atoms with Crippen LogP contribution in [0, 0.1) is 6.92 Å². The van der Waals surface area contributed by atoms with Crippen LogP contribution >= 0.6 is 27.3 Å². The molecule has 0 unspecified atom stereocenters. The summed E-state index contributed by atoms with van der Waals surface area (Å²) in [6.07, 6.45) is 3.01. The molecule has 0 aliphatic heterocycles. The lowest BCUT2D eigenvalue weighted by molar-refractivity contribution is 0.102. The predicted molar refractivity (Wildman–Crippen MR) is 59.0 cm³/mol. The van der Waals surface area contributed by atoms with Gasteiger partial charge in [0.25, 0.3) is 5.91 Å². The molecule has 0 atom stereocenters. The maximum absolute atomic E-state index is 11.6. The lowest BCUT2D eigenvalue weighted by atomic mass is 10.3. The first-order valence-electron chi connectivity index (χ1n) is 4.01. The minimum atomic E-state index is -0.268. The van der Waals surface area contributed by atoms with E-state index >= 15 is 0 Å². The largest absolute Gasteiger partial charge is 0.361 e. The number of carbonyl (C=O) groups is 1. The second kappa shape index (κ2) is 4.11. The Labute approximate surface area is 97.6 Å². The number of nitrogens with zero attached hydrogens (tertiary/aromatic N) is 2. The zero-order valence-electron chi connectivity index (χ0n) is 7.65. The predicted octanol–water partition coefficient (Wildman–Crippen LogP) is 2.45. The van der Waals surface area contributed by atoms with E-state index in [2.05, 4.69) is 31.4 Å². The van der Waals surface area contributed by atoms with Crippen molar-refractivity contribution in [2.45, 2.75) is 6.92 Å². The zero-order chi connectivity index (χ0) is 10.8. The van der Waals surface area contributed by atoms with Crippen LogP contribution in [0.2, 0.25) is 0 Å². The number of halogens is 1. The third-order valence-corrected chi connectivity index (χ3v) is 3.08. The fraction of sp³-hybridized carbons (Fsp3) is 0.125. The first kappa shape index (κ1) is 10.3. The number of hydrogen-bond acceptors (Lipinski definition) is 5. The molecular formula is C8H6BrN3O2S. The third-order valence-electron chi connectivity index (χ3n) is 1.69. The SMILES string of the molecule is Cc1oncc1C(=O)Nc1ncc(Br)s1. The van der Waals surface area contributed by atoms with Gasteiger partial charge in [0.05, 0.1) is 16.2 Å². The molecule has 0 aliphatic rings. The van der Waals surface area contributed by atoms with Crippen LogP contribution in [0.15, 0.2) is 20.7 Å². The van der Waals surface area contributed by atoms with E-state index in [0.717, 1.165) is 3.79 Å². The number of aromatic nitrogens is 2. The first-order chi connectivity index (χ1) is 7.16. The minimum Gasteiger partial charge on any atom is -0.361 e. The van der Waals surface area contributed by atoms with Gasteiger partial charge in [-0.2, -0.15) is 0 Å². The third kappa shape index (κ3) is 2.24. The van der Waals surface area contributed by atoms with Crippen LogP contribution in [0.25, 0.3) is 0 Å². The lowest BCUT2D eigenvalue weighted by Gasteiger charge is -1.97. The van der Waals surface area contributed by atoms with E-state index in [9.17, 15) is 4.79 Å². The van der Waals surface area contributed by atoms with Crippen molar-refractivity contribution in [1.82, 2.24) is 10.1 Å². The van der Waals surface area contributed by atoms with Crippen LogP contribution in [0.1, 0.15) is 16.1 Å². The highest BCUT2D eigenvalue weighted by Crippen LogP contribution is 2.23. The van der Waals surface area contributed by atoms with E-state index in [-0.39, 0.29) is 5.91 Å². The van der Waals surface area contributed by atoms with Gasteiger partial charge in [0, 0.05) is 0 Å². The molecule has 5 nitrogen and oxygen atoms in total. The Bertz CT molecular complexity index is 494. The van der Waals surface area contributed by atoms with Crippen LogP contribution < -0.4 is 5.32 Å². The topological polar surface area (TPSA) is 68.0 Å². The van der Waals surface area contributed by atoms with E-state index in [0.29, 0.717) is 16.5 Å². The fourth-order valence-electron chi connectivity index (χ4n) is 0.993. The van der Waals surface area contributed by atoms with E-state index in [1.54, 1.807) is 13.1 Å². The Balaban J connectivity index is 2.14. The van der Waals surface area contributed by atoms with Gasteiger partial charge >= 0.3 is 0 Å². The van der Waals surface area contributed by atoms with Crippen LogP contribution in [-0.4, -0.2) is 16.0 Å². The molecule has 0 bridgehead atoms. The van der Waals surface area contributed by atoms with Crippen molar-refractivity contribution in [3.05, 3.63) is 27.5 Å². The molecule has 15 heavy (non-hydrogen) atoms. The summed E-state index contributed by atoms with van der Waals surface area (Å²) in [7, 11) is 0. The molecule has 2 heterocycles. The Morgan fingerprint density at radius 3 is 2.93 bits per heavy atom. The van der Waals surface area contributed by atoms with E-state index in [4.69, 9.17) is 4.52 Å². The maximum Gasteiger partial charge on any atom is 0.262 e. The summed E-state index contributed by atoms with van der Waals surface area (Å²) in [5.74, 6) is 0.221. The number of carbonyl (C=O) groups excluding carboxylic acids is 1. The lowest BCUT2D eigenvalue weighted by Crippen LogP contribution is -2.11. The molecule has 0 aliphatic carbocycles. The van der Waals surface area contributed by atoms with Gasteiger partial charge in [0.15, 0.2) is 5.13 Å². The molecular weight excluding hydrogens is 282 g/mol. The van der Waals surface area contributed by atoms with Crippen molar-refractivity contribution in [2.75, 3.05) is 5.32 Å². The molecule has 78 valence electrons. The monoisotopic (exact) mass is 287 g/mol. The highest BCUT2D eigenvalue weighted by atomic mass is 79.9. The van der Waals surface area contributed by atoms with Crippen LogP contribution in [0.3, 0.4) is 0 Å². The highest BCUT2D eigenvalue weighted by Gasteiger charge is 2.14. The van der Waals surface area contributed by atoms with E-state index in [1.807, 2.05) is 0 Å². The van der Waals surface area contributed by atoms with Gasteiger partial charge in [-0.05, 0) is 22.9 Å². The second-order valence-electron chi connectivity index (χ2n) is 2.72. The standard InChI is InChI=1S/C8H6BrN3O2S/c1-4-5(2-11-14-4)7(13)12-8-10-3-6(9)15-8/h2-3H,1H3,(H,10,12,13). The molecule has 2 aromatic heterocycles. The van der Waals surface area contributed by atoms with Crippen molar-refractivity contribution in [2.24, 2.45) is 0 Å². The number of aryl methyl sites for hydroxylation is 1. The molecule has 2 aromatic rings. The molecule has 0 saturated heterocycles. The molecule has 0 radical (unpaired) electrons. The van der Waals surface area contributed by atoms with Crippen LogP contribution in [-0.2, 0) is 0 Å². The van der Waals surface area contributed by atoms with E-state index < -0.39 is 0 Å². The minimum absolute atomic E-state index is 0.268. The van der Waals surface area contributed by atoms with Crippen LogP contribution in [0.4, 0.5) is 5.13 Å². The Kier molecular flexibility index (Phi) is 2.83. The average molecular weight is 288 g/mol. The molecule has 0 saturated carbocycles. The molecule has 0 aromatic carbocycles. The van der Waals surface area contributed by atoms with E-state index in [1.165, 1.54) is 17.5 Å². The second-order valence-corrected chi connectivity index (χ2v) is 5.13. The van der Waals surface area contributed by atoms with Crippen molar-refractivity contribution >= 4 is 38.3 Å². The summed E-state index contributed by atoms with van der Waals surface area (Å²) >= 11 is 4.60. The smallest absolute Gasteiger partial charge is 0.262 e. The molecule has 0 spiro atoms. The van der Waals surface area contributed by atoms with Gasteiger partial charge in [-0.3, -0.25) is 10.1 Å². The molecule has 1 N–H and O–H groups in total. The maximum atomic E-state index is 11.6. The number of thiazole rings is 1.